The minimum atomic E-state index is -0.0763. The standard InChI is InChI=1S/C21H30N4O/c1-25-11-9-15(10-12-25)19-14-22-20-8-7-17(13-18(19)20)24-21(26)23-16-5-3-2-4-6-16/h7-8,13-16,22H,2-6,9-12H2,1H3,(H2,23,24,26). The van der Waals surface area contributed by atoms with Crippen molar-refractivity contribution in [1.29, 1.82) is 0 Å². The Balaban J connectivity index is 1.46. The number of amides is 2. The van der Waals surface area contributed by atoms with Crippen LogP contribution < -0.4 is 10.6 Å². The van der Waals surface area contributed by atoms with Gasteiger partial charge in [-0.05, 0) is 75.5 Å². The van der Waals surface area contributed by atoms with Gasteiger partial charge in [0.25, 0.3) is 0 Å². The lowest BCUT2D eigenvalue weighted by Gasteiger charge is -2.28. The van der Waals surface area contributed by atoms with Crippen LogP contribution in [0.2, 0.25) is 0 Å². The number of hydrogen-bond donors (Lipinski definition) is 3. The second-order valence-electron chi connectivity index (χ2n) is 8.02. The van der Waals surface area contributed by atoms with Crippen LogP contribution in [0.3, 0.4) is 0 Å². The molecule has 2 amide bonds. The van der Waals surface area contributed by atoms with Gasteiger partial charge in [-0.3, -0.25) is 0 Å². The van der Waals surface area contributed by atoms with E-state index in [2.05, 4.69) is 45.9 Å². The molecule has 4 rings (SSSR count). The monoisotopic (exact) mass is 354 g/mol. The molecule has 5 nitrogen and oxygen atoms in total. The first kappa shape index (κ1) is 17.4. The second-order valence-corrected chi connectivity index (χ2v) is 8.02. The summed E-state index contributed by atoms with van der Waals surface area (Å²) in [5, 5.41) is 7.41. The van der Waals surface area contributed by atoms with Gasteiger partial charge in [-0.2, -0.15) is 0 Å². The molecule has 2 aliphatic rings. The van der Waals surface area contributed by atoms with Crippen molar-refractivity contribution in [3.63, 3.8) is 0 Å². The molecular weight excluding hydrogens is 324 g/mol. The predicted octanol–water partition coefficient (Wildman–Crippen LogP) is 4.43. The first-order valence-electron chi connectivity index (χ1n) is 10.1. The molecule has 1 aromatic heterocycles. The van der Waals surface area contributed by atoms with E-state index >= 15 is 0 Å². The molecule has 2 heterocycles. The maximum absolute atomic E-state index is 12.3. The van der Waals surface area contributed by atoms with E-state index < -0.39 is 0 Å². The molecule has 140 valence electrons. The zero-order valence-corrected chi connectivity index (χ0v) is 15.7. The number of urea groups is 1. The van der Waals surface area contributed by atoms with Gasteiger partial charge >= 0.3 is 6.03 Å². The maximum atomic E-state index is 12.3. The van der Waals surface area contributed by atoms with Crippen molar-refractivity contribution in [2.24, 2.45) is 0 Å². The van der Waals surface area contributed by atoms with Crippen molar-refractivity contribution in [2.75, 3.05) is 25.5 Å². The van der Waals surface area contributed by atoms with Gasteiger partial charge in [0.05, 0.1) is 0 Å². The summed E-state index contributed by atoms with van der Waals surface area (Å²) in [5.74, 6) is 0.603. The number of aromatic nitrogens is 1. The highest BCUT2D eigenvalue weighted by molar-refractivity contribution is 5.94. The molecule has 1 aliphatic carbocycles. The van der Waals surface area contributed by atoms with Crippen LogP contribution in [0, 0.1) is 0 Å². The lowest BCUT2D eigenvalue weighted by atomic mass is 9.89. The second kappa shape index (κ2) is 7.70. The zero-order valence-electron chi connectivity index (χ0n) is 15.7. The van der Waals surface area contributed by atoms with Gasteiger partial charge < -0.3 is 20.5 Å². The number of aromatic amines is 1. The molecule has 1 aliphatic heterocycles. The molecule has 2 fully saturated rings. The van der Waals surface area contributed by atoms with Gasteiger partial charge in [-0.15, -0.1) is 0 Å². The molecule has 2 aromatic rings. The van der Waals surface area contributed by atoms with E-state index in [1.54, 1.807) is 0 Å². The minimum absolute atomic E-state index is 0.0763. The first-order valence-corrected chi connectivity index (χ1v) is 10.1. The van der Waals surface area contributed by atoms with Gasteiger partial charge in [0.1, 0.15) is 0 Å². The Labute approximate surface area is 155 Å². The smallest absolute Gasteiger partial charge is 0.319 e. The van der Waals surface area contributed by atoms with Gasteiger partial charge in [0, 0.05) is 28.8 Å². The van der Waals surface area contributed by atoms with Crippen molar-refractivity contribution < 1.29 is 4.79 Å². The summed E-state index contributed by atoms with van der Waals surface area (Å²) in [5.41, 5.74) is 3.42. The summed E-state index contributed by atoms with van der Waals surface area (Å²) in [6.45, 7) is 2.30. The third-order valence-corrected chi connectivity index (χ3v) is 6.07. The molecule has 26 heavy (non-hydrogen) atoms. The molecule has 3 N–H and O–H groups in total. The number of carbonyl (C=O) groups is 1. The normalized spacial score (nSPS) is 20.3. The van der Waals surface area contributed by atoms with Crippen molar-refractivity contribution in [2.45, 2.75) is 56.9 Å². The highest BCUT2D eigenvalue weighted by Gasteiger charge is 2.21. The number of nitrogens with zero attached hydrogens (tertiary/aromatic N) is 1. The Morgan fingerprint density at radius 2 is 1.88 bits per heavy atom. The van der Waals surface area contributed by atoms with Crippen molar-refractivity contribution >= 4 is 22.6 Å². The average molecular weight is 354 g/mol. The molecular formula is C21H30N4O. The molecule has 1 aromatic carbocycles. The van der Waals surface area contributed by atoms with E-state index in [4.69, 9.17) is 0 Å². The van der Waals surface area contributed by atoms with E-state index in [1.807, 2.05) is 6.07 Å². The number of anilines is 1. The average Bonchev–Trinajstić information content (AvgIpc) is 3.06. The number of fused-ring (bicyclic) bond motifs is 1. The molecule has 0 spiro atoms. The number of H-pyrrole nitrogens is 1. The third-order valence-electron chi connectivity index (χ3n) is 6.07. The van der Waals surface area contributed by atoms with Gasteiger partial charge in [-0.25, -0.2) is 4.79 Å². The minimum Gasteiger partial charge on any atom is -0.361 e. The third kappa shape index (κ3) is 3.88. The summed E-state index contributed by atoms with van der Waals surface area (Å²) in [7, 11) is 2.19. The molecule has 0 unspecified atom stereocenters. The van der Waals surface area contributed by atoms with Crippen molar-refractivity contribution in [1.82, 2.24) is 15.2 Å². The van der Waals surface area contributed by atoms with E-state index in [9.17, 15) is 4.79 Å². The Bertz CT molecular complexity index is 754. The number of rotatable bonds is 3. The topological polar surface area (TPSA) is 60.2 Å². The molecule has 0 bridgehead atoms. The number of piperidine rings is 1. The lowest BCUT2D eigenvalue weighted by Crippen LogP contribution is -2.39. The number of nitrogens with one attached hydrogen (secondary N) is 3. The molecule has 1 saturated heterocycles. The quantitative estimate of drug-likeness (QED) is 0.763. The number of benzene rings is 1. The van der Waals surface area contributed by atoms with Crippen LogP contribution in [0.1, 0.15) is 56.4 Å². The Morgan fingerprint density at radius 1 is 1.12 bits per heavy atom. The highest BCUT2D eigenvalue weighted by atomic mass is 16.2. The Kier molecular flexibility index (Phi) is 5.16. The molecule has 0 atom stereocenters. The number of hydrogen-bond acceptors (Lipinski definition) is 2. The highest BCUT2D eigenvalue weighted by Crippen LogP contribution is 2.34. The summed E-state index contributed by atoms with van der Waals surface area (Å²) in [6.07, 6.45) is 10.5. The molecule has 5 heteroatoms. The van der Waals surface area contributed by atoms with Gasteiger partial charge in [-0.1, -0.05) is 19.3 Å². The van der Waals surface area contributed by atoms with Crippen LogP contribution in [0.15, 0.2) is 24.4 Å². The Morgan fingerprint density at radius 3 is 2.65 bits per heavy atom. The van der Waals surface area contributed by atoms with Crippen LogP contribution >= 0.6 is 0 Å². The van der Waals surface area contributed by atoms with Crippen molar-refractivity contribution in [3.05, 3.63) is 30.0 Å². The van der Waals surface area contributed by atoms with E-state index in [0.29, 0.717) is 12.0 Å². The predicted molar refractivity (Wildman–Crippen MR) is 107 cm³/mol. The fourth-order valence-corrected chi connectivity index (χ4v) is 4.48. The fourth-order valence-electron chi connectivity index (χ4n) is 4.48. The lowest BCUT2D eigenvalue weighted by molar-refractivity contribution is 0.244. The van der Waals surface area contributed by atoms with E-state index in [-0.39, 0.29) is 6.03 Å². The first-order chi connectivity index (χ1) is 12.7. The van der Waals surface area contributed by atoms with E-state index in [0.717, 1.165) is 37.1 Å². The van der Waals surface area contributed by atoms with Crippen LogP contribution in [-0.4, -0.2) is 42.1 Å². The number of likely N-dealkylation sites (tertiary alicyclic amines) is 1. The van der Waals surface area contributed by atoms with Crippen LogP contribution in [-0.2, 0) is 0 Å². The fraction of sp³-hybridized carbons (Fsp3) is 0.571. The van der Waals surface area contributed by atoms with Gasteiger partial charge in [0.2, 0.25) is 0 Å². The zero-order chi connectivity index (χ0) is 17.9. The van der Waals surface area contributed by atoms with Crippen molar-refractivity contribution in [3.8, 4) is 0 Å². The SMILES string of the molecule is CN1CCC(c2c[nH]c3ccc(NC(=O)NC4CCCCC4)cc23)CC1. The van der Waals surface area contributed by atoms with Crippen LogP contribution in [0.25, 0.3) is 10.9 Å². The summed E-state index contributed by atoms with van der Waals surface area (Å²) in [6, 6.07) is 6.43. The molecule has 0 radical (unpaired) electrons. The maximum Gasteiger partial charge on any atom is 0.319 e. The largest absolute Gasteiger partial charge is 0.361 e. The number of carbonyl (C=O) groups excluding carboxylic acids is 1. The van der Waals surface area contributed by atoms with Crippen LogP contribution in [0.5, 0.6) is 0 Å². The van der Waals surface area contributed by atoms with E-state index in [1.165, 1.54) is 43.1 Å². The summed E-state index contributed by atoms with van der Waals surface area (Å²) in [4.78, 5) is 18.1. The van der Waals surface area contributed by atoms with Gasteiger partial charge in [0.15, 0.2) is 0 Å². The van der Waals surface area contributed by atoms with Crippen LogP contribution in [0.4, 0.5) is 10.5 Å². The Hall–Kier alpha value is -2.01. The summed E-state index contributed by atoms with van der Waals surface area (Å²) >= 11 is 0. The molecule has 1 saturated carbocycles. The summed E-state index contributed by atoms with van der Waals surface area (Å²) < 4.78 is 0.